The third-order valence-corrected chi connectivity index (χ3v) is 4.59. The molecule has 0 bridgehead atoms. The average Bonchev–Trinajstić information content (AvgIpc) is 3.00. The summed E-state index contributed by atoms with van der Waals surface area (Å²) in [6.07, 6.45) is 1.76. The molecule has 0 aliphatic rings. The summed E-state index contributed by atoms with van der Waals surface area (Å²) in [6.45, 7) is 6.08. The highest BCUT2D eigenvalue weighted by atomic mass is 15.3. The molecule has 0 aliphatic heterocycles. The maximum Gasteiger partial charge on any atom is 0.145 e. The van der Waals surface area contributed by atoms with E-state index >= 15 is 0 Å². The zero-order valence-corrected chi connectivity index (χ0v) is 15.5. The van der Waals surface area contributed by atoms with E-state index in [-0.39, 0.29) is 11.4 Å². The van der Waals surface area contributed by atoms with Crippen LogP contribution >= 0.6 is 0 Å². The third kappa shape index (κ3) is 3.31. The summed E-state index contributed by atoms with van der Waals surface area (Å²) >= 11 is 0. The predicted octanol–water partition coefficient (Wildman–Crippen LogP) is 4.32. The lowest BCUT2D eigenvalue weighted by molar-refractivity contribution is 0.885. The van der Waals surface area contributed by atoms with Crippen LogP contribution in [-0.4, -0.2) is 9.78 Å². The van der Waals surface area contributed by atoms with Crippen molar-refractivity contribution in [2.24, 2.45) is 0 Å². The van der Waals surface area contributed by atoms with Gasteiger partial charge in [0.15, 0.2) is 0 Å². The Morgan fingerprint density at radius 3 is 2.33 bits per heavy atom. The first-order valence-corrected chi connectivity index (χ1v) is 8.50. The zero-order chi connectivity index (χ0) is 19.6. The fourth-order valence-electron chi connectivity index (χ4n) is 2.94. The molecule has 3 rings (SSSR count). The topological polar surface area (TPSA) is 91.4 Å². The number of nitrogen functional groups attached to an aromatic ring is 1. The van der Waals surface area contributed by atoms with E-state index in [2.05, 4.69) is 30.2 Å². The molecule has 2 N–H and O–H groups in total. The predicted molar refractivity (Wildman–Crippen MR) is 107 cm³/mol. The summed E-state index contributed by atoms with van der Waals surface area (Å²) in [5.41, 5.74) is 12.0. The second kappa shape index (κ2) is 7.19. The normalized spacial score (nSPS) is 11.1. The second-order valence-electron chi connectivity index (χ2n) is 6.43. The molecule has 5 heteroatoms. The number of allylic oxidation sites excluding steroid dienone is 1. The van der Waals surface area contributed by atoms with Gasteiger partial charge in [-0.3, -0.25) is 0 Å². The van der Waals surface area contributed by atoms with E-state index < -0.39 is 0 Å². The van der Waals surface area contributed by atoms with Gasteiger partial charge in [0.05, 0.1) is 11.3 Å². The highest BCUT2D eigenvalue weighted by Crippen LogP contribution is 2.28. The molecule has 1 aromatic heterocycles. The number of aryl methyl sites for hydroxylation is 3. The summed E-state index contributed by atoms with van der Waals surface area (Å²) in [4.78, 5) is 0. The quantitative estimate of drug-likeness (QED) is 0.710. The van der Waals surface area contributed by atoms with E-state index in [9.17, 15) is 10.5 Å². The van der Waals surface area contributed by atoms with Crippen molar-refractivity contribution in [3.05, 3.63) is 76.0 Å². The molecular formula is C22H19N5. The molecule has 2 aromatic carbocycles. The summed E-state index contributed by atoms with van der Waals surface area (Å²) < 4.78 is 1.49. The van der Waals surface area contributed by atoms with Gasteiger partial charge in [0.1, 0.15) is 29.2 Å². The van der Waals surface area contributed by atoms with E-state index in [1.807, 2.05) is 50.2 Å². The van der Waals surface area contributed by atoms with Crippen LogP contribution in [0.2, 0.25) is 0 Å². The molecule has 27 heavy (non-hydrogen) atoms. The van der Waals surface area contributed by atoms with Gasteiger partial charge in [0.25, 0.3) is 0 Å². The third-order valence-electron chi connectivity index (χ3n) is 4.59. The maximum absolute atomic E-state index is 9.73. The number of para-hydroxylation sites is 1. The Labute approximate surface area is 158 Å². The van der Waals surface area contributed by atoms with Crippen LogP contribution in [0.25, 0.3) is 17.3 Å². The first kappa shape index (κ1) is 18.0. The zero-order valence-electron chi connectivity index (χ0n) is 15.5. The minimum absolute atomic E-state index is 0.202. The van der Waals surface area contributed by atoms with Crippen molar-refractivity contribution < 1.29 is 0 Å². The minimum Gasteiger partial charge on any atom is -0.382 e. The van der Waals surface area contributed by atoms with E-state index in [1.165, 1.54) is 10.2 Å². The summed E-state index contributed by atoms with van der Waals surface area (Å²) in [5.74, 6) is 0.219. The molecule has 0 radical (unpaired) electrons. The number of anilines is 1. The highest BCUT2D eigenvalue weighted by Gasteiger charge is 2.20. The molecule has 0 saturated carbocycles. The smallest absolute Gasteiger partial charge is 0.145 e. The Hall–Kier alpha value is -3.83. The number of hydrogen-bond acceptors (Lipinski definition) is 4. The molecule has 0 aliphatic carbocycles. The molecule has 0 unspecified atom stereocenters. The number of hydrogen-bond donors (Lipinski definition) is 1. The summed E-state index contributed by atoms with van der Waals surface area (Å²) in [7, 11) is 0. The maximum atomic E-state index is 9.73. The second-order valence-corrected chi connectivity index (χ2v) is 6.43. The van der Waals surface area contributed by atoms with Gasteiger partial charge in [-0.25, -0.2) is 4.68 Å². The number of benzene rings is 2. The van der Waals surface area contributed by atoms with E-state index in [0.29, 0.717) is 11.3 Å². The molecule has 5 nitrogen and oxygen atoms in total. The van der Waals surface area contributed by atoms with Gasteiger partial charge in [-0.2, -0.15) is 15.6 Å². The summed E-state index contributed by atoms with van der Waals surface area (Å²) in [6, 6.07) is 17.7. The monoisotopic (exact) mass is 353 g/mol. The van der Waals surface area contributed by atoms with Crippen LogP contribution in [0.4, 0.5) is 5.82 Å². The standard InChI is InChI=1S/C22H19N5/c1-14-9-16(3)17(10-15(14)2)11-18(12-23)21-20(13-24)22(25)27(26-21)19-7-5-4-6-8-19/h4-11H,25H2,1-3H3/b18-11+. The van der Waals surface area contributed by atoms with Crippen molar-refractivity contribution in [3.63, 3.8) is 0 Å². The molecule has 132 valence electrons. The largest absolute Gasteiger partial charge is 0.382 e. The molecule has 3 aromatic rings. The van der Waals surface area contributed by atoms with Crippen LogP contribution in [0, 0.1) is 43.4 Å². The molecule has 0 fully saturated rings. The molecule has 0 spiro atoms. The van der Waals surface area contributed by atoms with Gasteiger partial charge >= 0.3 is 0 Å². The Morgan fingerprint density at radius 2 is 1.70 bits per heavy atom. The fourth-order valence-corrected chi connectivity index (χ4v) is 2.94. The van der Waals surface area contributed by atoms with Crippen LogP contribution in [-0.2, 0) is 0 Å². The van der Waals surface area contributed by atoms with Crippen LogP contribution < -0.4 is 5.73 Å². The van der Waals surface area contributed by atoms with Gasteiger partial charge in [0.2, 0.25) is 0 Å². The van der Waals surface area contributed by atoms with Crippen LogP contribution in [0.5, 0.6) is 0 Å². The summed E-state index contributed by atoms with van der Waals surface area (Å²) in [5, 5.41) is 23.8. The van der Waals surface area contributed by atoms with E-state index in [0.717, 1.165) is 22.4 Å². The SMILES string of the molecule is Cc1cc(C)c(/C=C(\C#N)c2nn(-c3ccccc3)c(N)c2C#N)cc1C. The van der Waals surface area contributed by atoms with E-state index in [1.54, 1.807) is 6.08 Å². The lowest BCUT2D eigenvalue weighted by Crippen LogP contribution is -2.02. The molecule has 0 amide bonds. The number of nitrogens with zero attached hydrogens (tertiary/aromatic N) is 4. The lowest BCUT2D eigenvalue weighted by Gasteiger charge is -2.06. The van der Waals surface area contributed by atoms with Gasteiger partial charge in [-0.05, 0) is 61.2 Å². The van der Waals surface area contributed by atoms with Crippen molar-refractivity contribution in [1.29, 1.82) is 10.5 Å². The molecule has 1 heterocycles. The Kier molecular flexibility index (Phi) is 4.79. The molecule has 0 atom stereocenters. The lowest BCUT2D eigenvalue weighted by atomic mass is 9.98. The van der Waals surface area contributed by atoms with Gasteiger partial charge in [0, 0.05) is 0 Å². The number of nitrogens with two attached hydrogens (primary N) is 1. The molecular weight excluding hydrogens is 334 g/mol. The van der Waals surface area contributed by atoms with Gasteiger partial charge in [-0.15, -0.1) is 0 Å². The first-order chi connectivity index (χ1) is 13.0. The Balaban J connectivity index is 2.19. The fraction of sp³-hybridized carbons (Fsp3) is 0.136. The van der Waals surface area contributed by atoms with Gasteiger partial charge in [-0.1, -0.05) is 30.3 Å². The van der Waals surface area contributed by atoms with Crippen molar-refractivity contribution in [2.75, 3.05) is 5.73 Å². The number of nitriles is 2. The van der Waals surface area contributed by atoms with Crippen molar-refractivity contribution in [3.8, 4) is 17.8 Å². The Morgan fingerprint density at radius 1 is 1.04 bits per heavy atom. The minimum atomic E-state index is 0.202. The van der Waals surface area contributed by atoms with Gasteiger partial charge < -0.3 is 5.73 Å². The van der Waals surface area contributed by atoms with Crippen LogP contribution in [0.1, 0.15) is 33.5 Å². The molecule has 0 saturated heterocycles. The highest BCUT2D eigenvalue weighted by molar-refractivity contribution is 5.92. The first-order valence-electron chi connectivity index (χ1n) is 8.50. The van der Waals surface area contributed by atoms with E-state index in [4.69, 9.17) is 5.73 Å². The van der Waals surface area contributed by atoms with Crippen molar-refractivity contribution in [2.45, 2.75) is 20.8 Å². The average molecular weight is 353 g/mol. The van der Waals surface area contributed by atoms with Crippen molar-refractivity contribution >= 4 is 17.5 Å². The van der Waals surface area contributed by atoms with Crippen LogP contribution in [0.15, 0.2) is 42.5 Å². The number of aromatic nitrogens is 2. The Bertz CT molecular complexity index is 1120. The van der Waals surface area contributed by atoms with Crippen LogP contribution in [0.3, 0.4) is 0 Å². The number of rotatable bonds is 3. The van der Waals surface area contributed by atoms with Crippen molar-refractivity contribution in [1.82, 2.24) is 9.78 Å².